The summed E-state index contributed by atoms with van der Waals surface area (Å²) in [6.07, 6.45) is -26.0. The number of amides is 2. The first-order chi connectivity index (χ1) is 35.4. The standard InChI is InChI=1S/C46H70N2O27Si/c1-20(50)47-33-29(67-24(5)54)16-46(74-39(33)37(69-26(7)56)31(68-25(6)55)18-64-22(3)52)44(61)65-19-32(72-46)38(70-27(8)57)40-34(48-21(2)51)28(66-23(4)53)15-45(73-40,43(60)62-9)75-41-35(58)30(17-49)71-42(36(41)59)63-13-14-76(10,11)12/h28-42,49,58-59H,13-19H2,1-12H3,(H,47,50)(H,48,51)/t28-,29-,30+,31+,32+,33+,34+,35-,36+,37+,38+,39+,40+,41-,42+,45-,46+/m0/s1. The molecule has 17 atom stereocenters. The minimum Gasteiger partial charge on any atom is -0.465 e. The van der Waals surface area contributed by atoms with Gasteiger partial charge in [0.05, 0.1) is 38.6 Å². The van der Waals surface area contributed by atoms with Crippen LogP contribution in [0.1, 0.15) is 68.2 Å². The molecule has 1 spiro atoms. The molecule has 0 radical (unpaired) electrons. The lowest BCUT2D eigenvalue weighted by molar-refractivity contribution is -0.379. The van der Waals surface area contributed by atoms with Gasteiger partial charge in [0.2, 0.25) is 11.8 Å². The van der Waals surface area contributed by atoms with Crippen molar-refractivity contribution in [1.29, 1.82) is 0 Å². The highest BCUT2D eigenvalue weighted by Gasteiger charge is 2.66. The largest absolute Gasteiger partial charge is 0.465 e. The third kappa shape index (κ3) is 16.5. The van der Waals surface area contributed by atoms with Gasteiger partial charge in [-0.1, -0.05) is 19.6 Å². The molecule has 0 saturated carbocycles. The van der Waals surface area contributed by atoms with E-state index in [0.29, 0.717) is 6.04 Å². The van der Waals surface area contributed by atoms with E-state index >= 15 is 0 Å². The number of carbonyl (C=O) groups excluding carboxylic acids is 10. The number of esters is 8. The molecule has 2 amide bonds. The first-order valence-corrected chi connectivity index (χ1v) is 27.8. The number of ether oxygens (including phenoxy) is 14. The molecule has 5 N–H and O–H groups in total. The van der Waals surface area contributed by atoms with Crippen molar-refractivity contribution in [2.45, 2.75) is 197 Å². The van der Waals surface area contributed by atoms with Crippen LogP contribution in [0.4, 0.5) is 0 Å². The van der Waals surface area contributed by atoms with Crippen LogP contribution in [-0.4, -0.2) is 220 Å². The predicted octanol–water partition coefficient (Wildman–Crippen LogP) is -2.52. The van der Waals surface area contributed by atoms with Gasteiger partial charge in [-0.2, -0.15) is 0 Å². The van der Waals surface area contributed by atoms with Crippen LogP contribution in [0.3, 0.4) is 0 Å². The summed E-state index contributed by atoms with van der Waals surface area (Å²) in [6, 6.07) is -2.73. The lowest BCUT2D eigenvalue weighted by Gasteiger charge is -2.53. The van der Waals surface area contributed by atoms with E-state index in [2.05, 4.69) is 30.3 Å². The second kappa shape index (κ2) is 26.7. The van der Waals surface area contributed by atoms with Gasteiger partial charge in [0.25, 0.3) is 11.6 Å². The smallest absolute Gasteiger partial charge is 0.367 e. The molecule has 76 heavy (non-hydrogen) atoms. The summed E-state index contributed by atoms with van der Waals surface area (Å²) >= 11 is 0. The number of aliphatic hydroxyl groups is 3. The highest BCUT2D eigenvalue weighted by molar-refractivity contribution is 6.76. The number of hydrogen-bond acceptors (Lipinski definition) is 27. The minimum absolute atomic E-state index is 0.0506. The molecule has 0 aromatic heterocycles. The molecule has 29 nitrogen and oxygen atoms in total. The molecule has 4 heterocycles. The highest BCUT2D eigenvalue weighted by atomic mass is 28.3. The molecule has 4 fully saturated rings. The summed E-state index contributed by atoms with van der Waals surface area (Å²) in [6.45, 7) is 11.5. The molecular weight excluding hydrogens is 1040 g/mol. The first kappa shape index (κ1) is 63.1. The number of nitrogens with one attached hydrogen (secondary N) is 2. The number of aliphatic hydroxyl groups excluding tert-OH is 3. The second-order valence-corrected chi connectivity index (χ2v) is 25.3. The zero-order valence-corrected chi connectivity index (χ0v) is 45.2. The van der Waals surface area contributed by atoms with Crippen LogP contribution in [0.25, 0.3) is 0 Å². The average Bonchev–Trinajstić information content (AvgIpc) is 3.29. The Hall–Kier alpha value is -5.44. The van der Waals surface area contributed by atoms with Crippen molar-refractivity contribution in [3.63, 3.8) is 0 Å². The van der Waals surface area contributed by atoms with Crippen LogP contribution in [0.2, 0.25) is 25.7 Å². The maximum Gasteiger partial charge on any atom is 0.367 e. The van der Waals surface area contributed by atoms with E-state index in [1.54, 1.807) is 0 Å². The molecule has 430 valence electrons. The monoisotopic (exact) mass is 1110 g/mol. The van der Waals surface area contributed by atoms with Crippen molar-refractivity contribution >= 4 is 67.6 Å². The normalized spacial score (nSPS) is 32.6. The van der Waals surface area contributed by atoms with Gasteiger partial charge in [-0.3, -0.25) is 38.4 Å². The zero-order valence-electron chi connectivity index (χ0n) is 44.2. The van der Waals surface area contributed by atoms with Gasteiger partial charge in [0.1, 0.15) is 68.1 Å². The van der Waals surface area contributed by atoms with Crippen LogP contribution in [-0.2, 0) is 114 Å². The molecule has 0 aliphatic carbocycles. The topological polar surface area (TPSA) is 385 Å². The SMILES string of the molecule is COC(=O)[C@@]1(O[C@H]2[C@@H](O)[C@@H](CO)O[C@@H](OCC[Si](C)(C)C)[C@@H]2O)C[C@H](OC(C)=O)[C@@H](NC(C)=O)[C@H]([C@H](OC(C)=O)[C@H]2COC(=O)[C@]3(C[C@H](OC(C)=O)[C@@H](NC(C)=O)[C@H]([C@H](OC(C)=O)[C@@H](COC(C)=O)OC(C)=O)O3)O2)O1. The van der Waals surface area contributed by atoms with Crippen LogP contribution in [0.15, 0.2) is 0 Å². The Morgan fingerprint density at radius 1 is 0.724 bits per heavy atom. The molecule has 0 bridgehead atoms. The van der Waals surface area contributed by atoms with E-state index in [-0.39, 0.29) is 6.61 Å². The number of carbonyl (C=O) groups is 10. The Labute approximate surface area is 437 Å². The summed E-state index contributed by atoms with van der Waals surface area (Å²) in [7, 11) is -0.855. The number of rotatable bonds is 21. The van der Waals surface area contributed by atoms with Crippen molar-refractivity contribution in [2.24, 2.45) is 0 Å². The van der Waals surface area contributed by atoms with Gasteiger partial charge in [0.15, 0.2) is 24.6 Å². The zero-order chi connectivity index (χ0) is 57.2. The van der Waals surface area contributed by atoms with Gasteiger partial charge >= 0.3 is 47.8 Å². The van der Waals surface area contributed by atoms with Gasteiger partial charge in [-0.25, -0.2) is 9.59 Å². The average molecular weight is 1110 g/mol. The predicted molar refractivity (Wildman–Crippen MR) is 249 cm³/mol. The van der Waals surface area contributed by atoms with Crippen molar-refractivity contribution < 1.29 is 130 Å². The van der Waals surface area contributed by atoms with E-state index in [0.717, 1.165) is 62.5 Å². The van der Waals surface area contributed by atoms with Crippen molar-refractivity contribution in [3.05, 3.63) is 0 Å². The van der Waals surface area contributed by atoms with E-state index in [1.165, 1.54) is 0 Å². The molecule has 4 aliphatic heterocycles. The Bertz CT molecular complexity index is 2140. The minimum atomic E-state index is -2.95. The van der Waals surface area contributed by atoms with E-state index in [1.807, 2.05) is 0 Å². The van der Waals surface area contributed by atoms with Crippen LogP contribution < -0.4 is 10.6 Å². The molecular formula is C46H70N2O27Si. The van der Waals surface area contributed by atoms with Gasteiger partial charge in [-0.15, -0.1) is 0 Å². The molecule has 4 aliphatic rings. The summed E-state index contributed by atoms with van der Waals surface area (Å²) in [5.74, 6) is -16.4. The van der Waals surface area contributed by atoms with E-state index in [4.69, 9.17) is 66.3 Å². The van der Waals surface area contributed by atoms with Crippen molar-refractivity contribution in [3.8, 4) is 0 Å². The third-order valence-corrected chi connectivity index (χ3v) is 13.7. The fourth-order valence-corrected chi connectivity index (χ4v) is 9.74. The maximum atomic E-state index is 14.4. The van der Waals surface area contributed by atoms with Crippen LogP contribution in [0, 0.1) is 0 Å². The third-order valence-electron chi connectivity index (χ3n) is 12.0. The lowest BCUT2D eigenvalue weighted by Crippen LogP contribution is -2.73. The number of cyclic esters (lactones) is 1. The number of hydrogen-bond donors (Lipinski definition) is 5. The summed E-state index contributed by atoms with van der Waals surface area (Å²) < 4.78 is 81.2. The highest BCUT2D eigenvalue weighted by Crippen LogP contribution is 2.44. The van der Waals surface area contributed by atoms with Crippen molar-refractivity contribution in [1.82, 2.24) is 10.6 Å². The van der Waals surface area contributed by atoms with Gasteiger partial charge in [-0.05, 0) is 6.04 Å². The quantitative estimate of drug-likeness (QED) is 0.0450. The van der Waals surface area contributed by atoms with Gasteiger partial charge < -0.3 is 92.3 Å². The lowest BCUT2D eigenvalue weighted by atomic mass is 9.86. The fourth-order valence-electron chi connectivity index (χ4n) is 9.01. The summed E-state index contributed by atoms with van der Waals surface area (Å²) in [5, 5.41) is 38.6. The fraction of sp³-hybridized carbons (Fsp3) is 0.783. The van der Waals surface area contributed by atoms with Crippen molar-refractivity contribution in [2.75, 3.05) is 33.5 Å². The van der Waals surface area contributed by atoms with Crippen LogP contribution >= 0.6 is 0 Å². The Kier molecular flexibility index (Phi) is 22.2. The Balaban J connectivity index is 1.96. The van der Waals surface area contributed by atoms with E-state index < -0.39 is 204 Å². The maximum absolute atomic E-state index is 14.4. The molecule has 4 rings (SSSR count). The molecule has 4 saturated heterocycles. The Morgan fingerprint density at radius 2 is 1.29 bits per heavy atom. The second-order valence-electron chi connectivity index (χ2n) is 19.6. The molecule has 0 aromatic carbocycles. The number of methoxy groups -OCH3 is 1. The first-order valence-electron chi connectivity index (χ1n) is 24.1. The van der Waals surface area contributed by atoms with E-state index in [9.17, 15) is 63.3 Å². The molecule has 0 unspecified atom stereocenters. The molecule has 30 heteroatoms. The van der Waals surface area contributed by atoms with Crippen LogP contribution in [0.5, 0.6) is 0 Å². The Morgan fingerprint density at radius 3 is 1.79 bits per heavy atom. The summed E-state index contributed by atoms with van der Waals surface area (Å²) in [5.41, 5.74) is 0. The molecule has 0 aromatic rings. The van der Waals surface area contributed by atoms with Gasteiger partial charge in [0, 0.05) is 70.1 Å². The summed E-state index contributed by atoms with van der Waals surface area (Å²) in [4.78, 5) is 131.